The number of nitrogens with zero attached hydrogens (tertiary/aromatic N) is 1. The van der Waals surface area contributed by atoms with Crippen molar-refractivity contribution >= 4 is 24.7 Å². The zero-order chi connectivity index (χ0) is 37.4. The lowest BCUT2D eigenvalue weighted by Crippen LogP contribution is -2.67. The summed E-state index contributed by atoms with van der Waals surface area (Å²) in [4.78, 5) is 38.5. The van der Waals surface area contributed by atoms with Gasteiger partial charge in [0.2, 0.25) is 0 Å². The average Bonchev–Trinajstić information content (AvgIpc) is 3.43. The molecule has 0 radical (unpaired) electrons. The van der Waals surface area contributed by atoms with Crippen LogP contribution < -0.4 is 21.6 Å². The quantitative estimate of drug-likeness (QED) is 0.0731. The predicted molar refractivity (Wildman–Crippen MR) is 207 cm³/mol. The van der Waals surface area contributed by atoms with Crippen molar-refractivity contribution in [1.82, 2.24) is 9.55 Å². The Balaban J connectivity index is 1.32. The monoisotopic (exact) mass is 736 g/mol. The largest absolute Gasteiger partial charge is 0.466 e. The predicted octanol–water partition coefficient (Wildman–Crippen LogP) is 6.00. The summed E-state index contributed by atoms with van der Waals surface area (Å²) in [5.74, 6) is -0.0919. The fourth-order valence-electron chi connectivity index (χ4n) is 7.27. The van der Waals surface area contributed by atoms with Gasteiger partial charge in [0, 0.05) is 25.3 Å². The van der Waals surface area contributed by atoms with Crippen LogP contribution in [0.15, 0.2) is 82.5 Å². The Kier molecular flexibility index (Phi) is 16.5. The van der Waals surface area contributed by atoms with Crippen LogP contribution >= 0.6 is 0 Å². The highest BCUT2D eigenvalue weighted by Crippen LogP contribution is 2.38. The van der Waals surface area contributed by atoms with Gasteiger partial charge in [0.15, 0.2) is 6.23 Å². The van der Waals surface area contributed by atoms with Gasteiger partial charge >= 0.3 is 11.7 Å². The molecule has 0 amide bonds. The first-order valence-corrected chi connectivity index (χ1v) is 21.2. The molecule has 286 valence electrons. The number of aliphatic hydroxyl groups excluding tert-OH is 1. The molecule has 10 nitrogen and oxygen atoms in total. The number of carbonyl (C=O) groups excluding carboxylic acids is 1. The summed E-state index contributed by atoms with van der Waals surface area (Å²) < 4.78 is 26.0. The maximum Gasteiger partial charge on any atom is 0.330 e. The molecule has 3 aromatic rings. The van der Waals surface area contributed by atoms with Gasteiger partial charge in [-0.3, -0.25) is 19.1 Å². The highest BCUT2D eigenvalue weighted by atomic mass is 28.4. The number of benzene rings is 2. The second kappa shape index (κ2) is 20.8. The summed E-state index contributed by atoms with van der Waals surface area (Å²) in [5.41, 5.74) is -1.13. The van der Waals surface area contributed by atoms with Gasteiger partial charge in [-0.15, -0.1) is 0 Å². The normalized spacial score (nSPS) is 19.2. The Morgan fingerprint density at radius 2 is 1.37 bits per heavy atom. The van der Waals surface area contributed by atoms with E-state index >= 15 is 0 Å². The van der Waals surface area contributed by atoms with E-state index in [2.05, 4.69) is 50.0 Å². The minimum atomic E-state index is -2.92. The second-order valence-corrected chi connectivity index (χ2v) is 19.1. The van der Waals surface area contributed by atoms with Gasteiger partial charge in [-0.05, 0) is 35.2 Å². The number of carbonyl (C=O) groups is 1. The number of ether oxygens (including phenoxy) is 3. The fourth-order valence-corrected chi connectivity index (χ4v) is 11.8. The van der Waals surface area contributed by atoms with Gasteiger partial charge in [-0.1, -0.05) is 139 Å². The highest BCUT2D eigenvalue weighted by Gasteiger charge is 2.52. The Labute approximate surface area is 310 Å². The molecule has 1 unspecified atom stereocenters. The SMILES string of the molecule is CCOC(=O)CCCCCCCCCCCCCOC1[C@@H](O)[C@@H](CO[Si](c2ccccc2)(c2ccccc2)C(C)(C)C)O[C@H]1n1ccc(=O)[nH]c1=O. The number of aromatic amines is 1. The van der Waals surface area contributed by atoms with E-state index in [0.717, 1.165) is 55.3 Å². The van der Waals surface area contributed by atoms with E-state index in [1.165, 1.54) is 42.5 Å². The third kappa shape index (κ3) is 11.3. The number of aliphatic hydroxyl groups is 1. The van der Waals surface area contributed by atoms with Crippen molar-refractivity contribution in [3.8, 4) is 0 Å². The lowest BCUT2D eigenvalue weighted by molar-refractivity contribution is -0.143. The van der Waals surface area contributed by atoms with Crippen LogP contribution in [0, 0.1) is 0 Å². The first-order valence-electron chi connectivity index (χ1n) is 19.3. The van der Waals surface area contributed by atoms with E-state index in [4.69, 9.17) is 18.6 Å². The molecule has 52 heavy (non-hydrogen) atoms. The van der Waals surface area contributed by atoms with E-state index in [-0.39, 0.29) is 17.6 Å². The molecule has 0 aliphatic carbocycles. The third-order valence-electron chi connectivity index (χ3n) is 9.96. The minimum Gasteiger partial charge on any atom is -0.466 e. The topological polar surface area (TPSA) is 129 Å². The average molecular weight is 737 g/mol. The summed E-state index contributed by atoms with van der Waals surface area (Å²) in [6.07, 6.45) is 10.4. The minimum absolute atomic E-state index is 0.0919. The Hall–Kier alpha value is -3.35. The molecular formula is C41H60N2O8Si. The molecule has 2 N–H and O–H groups in total. The second-order valence-electron chi connectivity index (χ2n) is 14.8. The number of aromatic nitrogens is 2. The molecule has 1 fully saturated rings. The number of unbranched alkanes of at least 4 members (excludes halogenated alkanes) is 10. The smallest absolute Gasteiger partial charge is 0.330 e. The van der Waals surface area contributed by atoms with Crippen LogP contribution in [0.1, 0.15) is 111 Å². The molecule has 0 spiro atoms. The maximum absolute atomic E-state index is 12.9. The lowest BCUT2D eigenvalue weighted by atomic mass is 10.1. The standard InChI is InChI=1S/C41H60N2O8Si/c1-5-48-36(45)27-21-13-11-9-7-6-8-10-12-14-22-30-49-38-37(46)34(51-39(38)43-29-28-35(44)42-40(43)47)31-50-52(41(2,3)4,32-23-17-15-18-24-32)33-25-19-16-20-26-33/h15-20,23-26,28-29,34,37-39,46H,5-14,21-22,27,30-31H2,1-4H3,(H,42,44,47)/t34-,37+,38?,39-/m1/s1. The van der Waals surface area contributed by atoms with Crippen LogP contribution in [0.25, 0.3) is 0 Å². The van der Waals surface area contributed by atoms with E-state index in [1.54, 1.807) is 0 Å². The van der Waals surface area contributed by atoms with E-state index in [1.807, 2.05) is 43.3 Å². The van der Waals surface area contributed by atoms with Gasteiger partial charge in [0.05, 0.1) is 13.2 Å². The van der Waals surface area contributed by atoms with E-state index in [9.17, 15) is 19.5 Å². The van der Waals surface area contributed by atoms with Crippen LogP contribution in [0.5, 0.6) is 0 Å². The van der Waals surface area contributed by atoms with Crippen LogP contribution in [-0.4, -0.2) is 67.1 Å². The van der Waals surface area contributed by atoms with Crippen LogP contribution in [-0.2, 0) is 23.4 Å². The van der Waals surface area contributed by atoms with Crippen molar-refractivity contribution in [3.63, 3.8) is 0 Å². The molecule has 0 saturated carbocycles. The highest BCUT2D eigenvalue weighted by molar-refractivity contribution is 6.99. The van der Waals surface area contributed by atoms with E-state index in [0.29, 0.717) is 19.6 Å². The van der Waals surface area contributed by atoms with Crippen molar-refractivity contribution in [1.29, 1.82) is 0 Å². The Morgan fingerprint density at radius 3 is 1.88 bits per heavy atom. The van der Waals surface area contributed by atoms with Crippen LogP contribution in [0.3, 0.4) is 0 Å². The summed E-state index contributed by atoms with van der Waals surface area (Å²) in [6.45, 7) is 9.37. The number of H-pyrrole nitrogens is 1. The summed E-state index contributed by atoms with van der Waals surface area (Å²) >= 11 is 0. The summed E-state index contributed by atoms with van der Waals surface area (Å²) in [6, 6.07) is 21.8. The molecule has 1 aliphatic rings. The number of esters is 1. The number of nitrogens with one attached hydrogen (secondary N) is 1. The molecule has 1 aliphatic heterocycles. The van der Waals surface area contributed by atoms with Gasteiger partial charge in [-0.25, -0.2) is 4.79 Å². The maximum atomic E-state index is 12.9. The van der Waals surface area contributed by atoms with Gasteiger partial charge in [-0.2, -0.15) is 0 Å². The van der Waals surface area contributed by atoms with Crippen molar-refractivity contribution in [2.45, 2.75) is 134 Å². The number of rotatable bonds is 22. The van der Waals surface area contributed by atoms with Gasteiger partial charge < -0.3 is 23.7 Å². The first kappa shape index (κ1) is 41.4. The van der Waals surface area contributed by atoms with Crippen molar-refractivity contribution < 1.29 is 28.5 Å². The molecule has 1 saturated heterocycles. The Bertz CT molecular complexity index is 1550. The van der Waals surface area contributed by atoms with Gasteiger partial charge in [0.1, 0.15) is 18.3 Å². The molecule has 11 heteroatoms. The summed E-state index contributed by atoms with van der Waals surface area (Å²) in [7, 11) is -2.92. The number of hydrogen-bond acceptors (Lipinski definition) is 8. The molecule has 2 aromatic carbocycles. The van der Waals surface area contributed by atoms with Crippen molar-refractivity contribution in [2.75, 3.05) is 19.8 Å². The first-order chi connectivity index (χ1) is 25.1. The van der Waals surface area contributed by atoms with Crippen LogP contribution in [0.4, 0.5) is 0 Å². The Morgan fingerprint density at radius 1 is 0.827 bits per heavy atom. The van der Waals surface area contributed by atoms with Gasteiger partial charge in [0.25, 0.3) is 13.9 Å². The summed E-state index contributed by atoms with van der Waals surface area (Å²) in [5, 5.41) is 13.6. The number of hydrogen-bond donors (Lipinski definition) is 2. The zero-order valence-electron chi connectivity index (χ0n) is 31.6. The lowest BCUT2D eigenvalue weighted by Gasteiger charge is -2.43. The zero-order valence-corrected chi connectivity index (χ0v) is 32.6. The fraction of sp³-hybridized carbons (Fsp3) is 0.585. The molecule has 2 heterocycles. The molecule has 4 atom stereocenters. The third-order valence-corrected chi connectivity index (χ3v) is 15.0. The molecular weight excluding hydrogens is 677 g/mol. The van der Waals surface area contributed by atoms with E-state index < -0.39 is 44.1 Å². The van der Waals surface area contributed by atoms with Crippen molar-refractivity contribution in [3.05, 3.63) is 93.8 Å². The molecule has 0 bridgehead atoms. The van der Waals surface area contributed by atoms with Crippen LogP contribution in [0.2, 0.25) is 5.04 Å². The van der Waals surface area contributed by atoms with Crippen molar-refractivity contribution in [2.24, 2.45) is 0 Å². The molecule has 1 aromatic heterocycles. The molecule has 4 rings (SSSR count).